The van der Waals surface area contributed by atoms with Crippen LogP contribution in [0.3, 0.4) is 0 Å². The molecule has 2 aromatic rings. The first-order valence-corrected chi connectivity index (χ1v) is 7.56. The van der Waals surface area contributed by atoms with Crippen LogP contribution in [0.5, 0.6) is 0 Å². The fraction of sp³-hybridized carbons (Fsp3) is 0.375. The van der Waals surface area contributed by atoms with Gasteiger partial charge in [-0.2, -0.15) is 0 Å². The predicted octanol–water partition coefficient (Wildman–Crippen LogP) is 3.53. The van der Waals surface area contributed by atoms with Crippen LogP contribution in [-0.2, 0) is 10.2 Å². The molecule has 1 atom stereocenters. The predicted molar refractivity (Wildman–Crippen MR) is 77.5 cm³/mol. The van der Waals surface area contributed by atoms with Gasteiger partial charge in [-0.15, -0.1) is 11.3 Å². The molecule has 1 unspecified atom stereocenters. The van der Waals surface area contributed by atoms with E-state index in [1.165, 1.54) is 5.56 Å². The van der Waals surface area contributed by atoms with Crippen molar-refractivity contribution >= 4 is 11.3 Å². The van der Waals surface area contributed by atoms with Gasteiger partial charge in [0.05, 0.1) is 6.10 Å². The van der Waals surface area contributed by atoms with Crippen LogP contribution in [0.25, 0.3) is 0 Å². The summed E-state index contributed by atoms with van der Waals surface area (Å²) in [6.07, 6.45) is 1.30. The first kappa shape index (κ1) is 12.9. The minimum absolute atomic E-state index is 0.204. The lowest BCUT2D eigenvalue weighted by Crippen LogP contribution is -2.39. The number of aliphatic hydroxyl groups excluding tert-OH is 1. The molecule has 1 N–H and O–H groups in total. The molecule has 0 bridgehead atoms. The van der Waals surface area contributed by atoms with E-state index in [-0.39, 0.29) is 5.41 Å². The van der Waals surface area contributed by atoms with E-state index in [1.54, 1.807) is 11.3 Å². The zero-order valence-corrected chi connectivity index (χ0v) is 11.6. The van der Waals surface area contributed by atoms with Gasteiger partial charge in [-0.3, -0.25) is 0 Å². The minimum Gasteiger partial charge on any atom is -0.387 e. The number of hydrogen-bond donors (Lipinski definition) is 1. The smallest absolute Gasteiger partial charge is 0.0979 e. The summed E-state index contributed by atoms with van der Waals surface area (Å²) in [4.78, 5) is 1.05. The molecule has 1 aliphatic heterocycles. The van der Waals surface area contributed by atoms with Crippen LogP contribution in [0, 0.1) is 0 Å². The third kappa shape index (κ3) is 2.34. The lowest BCUT2D eigenvalue weighted by atomic mass is 9.69. The van der Waals surface area contributed by atoms with Crippen molar-refractivity contribution in [2.75, 3.05) is 13.2 Å². The summed E-state index contributed by atoms with van der Waals surface area (Å²) in [5, 5.41) is 12.9. The Kier molecular flexibility index (Phi) is 3.69. The van der Waals surface area contributed by atoms with Crippen molar-refractivity contribution in [2.24, 2.45) is 0 Å². The second kappa shape index (κ2) is 5.45. The highest BCUT2D eigenvalue weighted by Gasteiger charge is 2.42. The lowest BCUT2D eigenvalue weighted by Gasteiger charge is -2.41. The van der Waals surface area contributed by atoms with Gasteiger partial charge in [0.1, 0.15) is 0 Å². The van der Waals surface area contributed by atoms with Gasteiger partial charge >= 0.3 is 0 Å². The first-order valence-electron chi connectivity index (χ1n) is 6.68. The minimum atomic E-state index is -0.446. The highest BCUT2D eigenvalue weighted by atomic mass is 32.1. The van der Waals surface area contributed by atoms with Gasteiger partial charge < -0.3 is 9.84 Å². The molecule has 1 aromatic carbocycles. The summed E-state index contributed by atoms with van der Waals surface area (Å²) in [5.41, 5.74) is 1.02. The molecule has 0 spiro atoms. The second-order valence-corrected chi connectivity index (χ2v) is 6.03. The fourth-order valence-corrected chi connectivity index (χ4v) is 3.77. The average molecular weight is 274 g/mol. The van der Waals surface area contributed by atoms with Crippen LogP contribution in [0.15, 0.2) is 47.8 Å². The summed E-state index contributed by atoms with van der Waals surface area (Å²) in [7, 11) is 0. The van der Waals surface area contributed by atoms with E-state index in [1.807, 2.05) is 35.7 Å². The molecular formula is C16H18O2S. The number of thiophene rings is 1. The quantitative estimate of drug-likeness (QED) is 0.927. The molecular weight excluding hydrogens is 256 g/mol. The maximum atomic E-state index is 10.9. The van der Waals surface area contributed by atoms with Gasteiger partial charge in [0, 0.05) is 23.5 Å². The van der Waals surface area contributed by atoms with E-state index in [9.17, 15) is 5.11 Å². The Morgan fingerprint density at radius 3 is 2.42 bits per heavy atom. The average Bonchev–Trinajstić information content (AvgIpc) is 3.02. The molecule has 1 aromatic heterocycles. The molecule has 3 heteroatoms. The third-order valence-corrected chi connectivity index (χ3v) is 4.99. The molecule has 0 saturated carbocycles. The van der Waals surface area contributed by atoms with Crippen LogP contribution in [0.2, 0.25) is 0 Å². The summed E-state index contributed by atoms with van der Waals surface area (Å²) >= 11 is 1.63. The zero-order valence-electron chi connectivity index (χ0n) is 10.8. The topological polar surface area (TPSA) is 29.5 Å². The molecule has 1 fully saturated rings. The van der Waals surface area contributed by atoms with E-state index < -0.39 is 6.10 Å². The Morgan fingerprint density at radius 2 is 1.79 bits per heavy atom. The highest BCUT2D eigenvalue weighted by molar-refractivity contribution is 7.10. The molecule has 19 heavy (non-hydrogen) atoms. The molecule has 0 amide bonds. The number of benzene rings is 1. The van der Waals surface area contributed by atoms with Crippen molar-refractivity contribution in [3.05, 3.63) is 58.3 Å². The van der Waals surface area contributed by atoms with Crippen molar-refractivity contribution < 1.29 is 9.84 Å². The molecule has 0 radical (unpaired) electrons. The summed E-state index contributed by atoms with van der Waals surface area (Å²) in [6, 6.07) is 14.4. The molecule has 0 aliphatic carbocycles. The van der Waals surface area contributed by atoms with Crippen molar-refractivity contribution in [3.63, 3.8) is 0 Å². The van der Waals surface area contributed by atoms with Crippen LogP contribution < -0.4 is 0 Å². The maximum absolute atomic E-state index is 10.9. The molecule has 100 valence electrons. The normalized spacial score (nSPS) is 20.1. The van der Waals surface area contributed by atoms with Crippen LogP contribution in [-0.4, -0.2) is 18.3 Å². The largest absolute Gasteiger partial charge is 0.387 e. The Hall–Kier alpha value is -1.16. The molecule has 1 aliphatic rings. The standard InChI is InChI=1S/C16H18O2S/c17-15(14-7-4-12-19-14)16(8-10-18-11-9-16)13-5-2-1-3-6-13/h1-7,12,15,17H,8-11H2. The highest BCUT2D eigenvalue weighted by Crippen LogP contribution is 2.46. The lowest BCUT2D eigenvalue weighted by molar-refractivity contribution is -0.0156. The van der Waals surface area contributed by atoms with Gasteiger partial charge in [-0.1, -0.05) is 36.4 Å². The number of hydrogen-bond acceptors (Lipinski definition) is 3. The monoisotopic (exact) mass is 274 g/mol. The number of ether oxygens (including phenoxy) is 1. The van der Waals surface area contributed by atoms with Crippen LogP contribution >= 0.6 is 11.3 Å². The van der Waals surface area contributed by atoms with Gasteiger partial charge in [0.15, 0.2) is 0 Å². The van der Waals surface area contributed by atoms with Crippen LogP contribution in [0.1, 0.15) is 29.4 Å². The van der Waals surface area contributed by atoms with Gasteiger partial charge in [-0.25, -0.2) is 0 Å². The Bertz CT molecular complexity index is 501. The van der Waals surface area contributed by atoms with Gasteiger partial charge in [-0.05, 0) is 29.9 Å². The molecule has 1 saturated heterocycles. The Balaban J connectivity index is 2.02. The van der Waals surface area contributed by atoms with Crippen molar-refractivity contribution in [1.29, 1.82) is 0 Å². The van der Waals surface area contributed by atoms with Crippen LogP contribution in [0.4, 0.5) is 0 Å². The number of aliphatic hydroxyl groups is 1. The third-order valence-electron chi connectivity index (χ3n) is 4.07. The van der Waals surface area contributed by atoms with Crippen molar-refractivity contribution in [3.8, 4) is 0 Å². The molecule has 3 rings (SSSR count). The number of rotatable bonds is 3. The van der Waals surface area contributed by atoms with Crippen molar-refractivity contribution in [2.45, 2.75) is 24.4 Å². The molecule has 2 nitrogen and oxygen atoms in total. The van der Waals surface area contributed by atoms with E-state index in [0.717, 1.165) is 30.9 Å². The first-order chi connectivity index (χ1) is 9.33. The van der Waals surface area contributed by atoms with E-state index >= 15 is 0 Å². The van der Waals surface area contributed by atoms with Crippen molar-refractivity contribution in [1.82, 2.24) is 0 Å². The van der Waals surface area contributed by atoms with Gasteiger partial charge in [0.2, 0.25) is 0 Å². The molecule has 2 heterocycles. The second-order valence-electron chi connectivity index (χ2n) is 5.05. The van der Waals surface area contributed by atoms with Gasteiger partial charge in [0.25, 0.3) is 0 Å². The summed E-state index contributed by atoms with van der Waals surface area (Å²) < 4.78 is 5.51. The van der Waals surface area contributed by atoms with E-state index in [4.69, 9.17) is 4.74 Å². The summed E-state index contributed by atoms with van der Waals surface area (Å²) in [6.45, 7) is 1.44. The van der Waals surface area contributed by atoms with E-state index in [2.05, 4.69) is 12.1 Å². The maximum Gasteiger partial charge on any atom is 0.0979 e. The van der Waals surface area contributed by atoms with E-state index in [0.29, 0.717) is 0 Å². The Morgan fingerprint density at radius 1 is 1.05 bits per heavy atom. The summed E-state index contributed by atoms with van der Waals surface area (Å²) in [5.74, 6) is 0. The fourth-order valence-electron chi connectivity index (χ4n) is 2.94. The zero-order chi connectivity index (χ0) is 13.1. The Labute approximate surface area is 117 Å². The SMILES string of the molecule is OC(c1cccs1)C1(c2ccccc2)CCOCC1.